The van der Waals surface area contributed by atoms with Crippen molar-refractivity contribution in [2.75, 3.05) is 0 Å². The summed E-state index contributed by atoms with van der Waals surface area (Å²) in [5.74, 6) is 0. The molecule has 51 heavy (non-hydrogen) atoms. The molecule has 2 heterocycles. The molecule has 0 spiro atoms. The van der Waals surface area contributed by atoms with E-state index in [0.29, 0.717) is 5.56 Å². The quantitative estimate of drug-likeness (QED) is 0.179. The molecule has 11 rings (SSSR count). The Kier molecular flexibility index (Phi) is 5.73. The predicted molar refractivity (Wildman–Crippen MR) is 212 cm³/mol. The van der Waals surface area contributed by atoms with Crippen molar-refractivity contribution in [2.24, 2.45) is 0 Å². The van der Waals surface area contributed by atoms with Gasteiger partial charge in [-0.25, -0.2) is 0 Å². The van der Waals surface area contributed by atoms with Crippen molar-refractivity contribution in [3.8, 4) is 45.3 Å². The fourth-order valence-corrected chi connectivity index (χ4v) is 8.59. The van der Waals surface area contributed by atoms with Gasteiger partial charge >= 0.3 is 0 Å². The zero-order chi connectivity index (χ0) is 33.6. The van der Waals surface area contributed by atoms with Crippen LogP contribution in [0.15, 0.2) is 164 Å². The van der Waals surface area contributed by atoms with Gasteiger partial charge in [0.15, 0.2) is 0 Å². The Morgan fingerprint density at radius 2 is 0.961 bits per heavy atom. The van der Waals surface area contributed by atoms with Gasteiger partial charge in [-0.2, -0.15) is 5.26 Å². The fraction of sp³-hybridized carbons (Fsp3) is 0. The van der Waals surface area contributed by atoms with Crippen LogP contribution in [-0.4, -0.2) is 9.55 Å². The lowest BCUT2D eigenvalue weighted by molar-refractivity contribution is 1.18. The van der Waals surface area contributed by atoms with Gasteiger partial charge < -0.3 is 4.57 Å². The van der Waals surface area contributed by atoms with Gasteiger partial charge in [0.25, 0.3) is 0 Å². The van der Waals surface area contributed by atoms with E-state index in [9.17, 15) is 5.26 Å². The van der Waals surface area contributed by atoms with Crippen molar-refractivity contribution in [1.29, 1.82) is 5.26 Å². The fourth-order valence-electron chi connectivity index (χ4n) is 8.59. The number of nitriles is 1. The number of rotatable bonds is 4. The number of para-hydroxylation sites is 1. The monoisotopic (exact) mass is 645 g/mol. The minimum absolute atomic E-state index is 0.701. The maximum Gasteiger partial charge on any atom is 0.0998 e. The molecule has 234 valence electrons. The van der Waals surface area contributed by atoms with Crippen LogP contribution in [0.2, 0.25) is 0 Å². The number of benzene rings is 9. The third-order valence-corrected chi connectivity index (χ3v) is 10.8. The molecule has 0 saturated heterocycles. The summed E-state index contributed by atoms with van der Waals surface area (Å²) in [5, 5.41) is 22.1. The van der Waals surface area contributed by atoms with Crippen LogP contribution >= 0.6 is 0 Å². The van der Waals surface area contributed by atoms with Crippen molar-refractivity contribution in [2.45, 2.75) is 0 Å². The summed E-state index contributed by atoms with van der Waals surface area (Å²) < 4.78 is 2.33. The van der Waals surface area contributed by atoms with Gasteiger partial charge in [0, 0.05) is 33.6 Å². The van der Waals surface area contributed by atoms with E-state index in [2.05, 4.69) is 155 Å². The molecule has 0 radical (unpaired) electrons. The minimum Gasteiger partial charge on any atom is -0.309 e. The van der Waals surface area contributed by atoms with Crippen molar-refractivity contribution in [3.05, 3.63) is 169 Å². The first kappa shape index (κ1) is 27.9. The van der Waals surface area contributed by atoms with E-state index in [1.165, 1.54) is 65.3 Å². The number of aromatic nitrogens is 2. The van der Waals surface area contributed by atoms with E-state index >= 15 is 0 Å². The zero-order valence-electron chi connectivity index (χ0n) is 27.4. The van der Waals surface area contributed by atoms with E-state index in [0.717, 1.165) is 38.8 Å². The highest BCUT2D eigenvalue weighted by atomic mass is 15.0. The molecule has 0 aliphatic carbocycles. The van der Waals surface area contributed by atoms with Crippen LogP contribution in [0.3, 0.4) is 0 Å². The summed E-state index contributed by atoms with van der Waals surface area (Å²) in [6.07, 6.45) is 1.86. The van der Waals surface area contributed by atoms with Gasteiger partial charge in [-0.05, 0) is 102 Å². The van der Waals surface area contributed by atoms with Crippen LogP contribution in [0.4, 0.5) is 0 Å². The predicted octanol–water partition coefficient (Wildman–Crippen LogP) is 12.5. The molecular formula is C48H27N3. The minimum atomic E-state index is 0.701. The van der Waals surface area contributed by atoms with E-state index in [-0.39, 0.29) is 0 Å². The smallest absolute Gasteiger partial charge is 0.0998 e. The lowest BCUT2D eigenvalue weighted by Crippen LogP contribution is -1.93. The standard InChI is InChI=1S/C48H27N3/c49-28-33-17-25-43-47-37(33)22-23-40-36(24-26-44(48(40)47)51(43)34-6-2-1-3-7-34)30-11-9-29(10-12-30)35-18-13-31-16-21-41-38(42-8-4-5-27-50-42)19-14-32-15-20-39(35)45(31)46(32)41/h1-27H. The third kappa shape index (κ3) is 3.90. The topological polar surface area (TPSA) is 41.6 Å². The van der Waals surface area contributed by atoms with E-state index in [1.807, 2.05) is 24.4 Å². The molecule has 11 aromatic rings. The summed E-state index contributed by atoms with van der Waals surface area (Å²) in [6.45, 7) is 0. The Bertz CT molecular complexity index is 3170. The Morgan fingerprint density at radius 3 is 1.63 bits per heavy atom. The number of pyridine rings is 1. The maximum absolute atomic E-state index is 9.99. The summed E-state index contributed by atoms with van der Waals surface area (Å²) in [4.78, 5) is 4.68. The van der Waals surface area contributed by atoms with Crippen LogP contribution in [0.1, 0.15) is 5.56 Å². The molecule has 0 fully saturated rings. The summed E-state index contributed by atoms with van der Waals surface area (Å²) in [5.41, 5.74) is 11.0. The van der Waals surface area contributed by atoms with Crippen molar-refractivity contribution < 1.29 is 0 Å². The Morgan fingerprint density at radius 1 is 0.431 bits per heavy atom. The summed E-state index contributed by atoms with van der Waals surface area (Å²) in [6, 6.07) is 58.9. The highest BCUT2D eigenvalue weighted by molar-refractivity contribution is 6.29. The van der Waals surface area contributed by atoms with Crippen LogP contribution in [0.5, 0.6) is 0 Å². The SMILES string of the molecule is N#Cc1ccc2c3c1ccc1c(-c4ccc(-c5ccc6ccc7c(-c8ccccn8)ccc8ccc5c6c87)cc4)ccc(c13)n2-c1ccccc1. The lowest BCUT2D eigenvalue weighted by Gasteiger charge is -2.16. The summed E-state index contributed by atoms with van der Waals surface area (Å²) >= 11 is 0. The molecule has 2 aromatic heterocycles. The van der Waals surface area contributed by atoms with Crippen LogP contribution in [0.25, 0.3) is 104 Å². The first-order chi connectivity index (χ1) is 25.3. The highest BCUT2D eigenvalue weighted by Gasteiger charge is 2.21. The maximum atomic E-state index is 9.99. The van der Waals surface area contributed by atoms with Crippen molar-refractivity contribution >= 4 is 64.9 Å². The Balaban J connectivity index is 1.08. The molecule has 0 aliphatic rings. The van der Waals surface area contributed by atoms with E-state index in [1.54, 1.807) is 0 Å². The van der Waals surface area contributed by atoms with Gasteiger partial charge in [0.1, 0.15) is 0 Å². The first-order valence-corrected chi connectivity index (χ1v) is 17.3. The Hall–Kier alpha value is -7.02. The number of hydrogen-bond donors (Lipinski definition) is 0. The largest absolute Gasteiger partial charge is 0.309 e. The first-order valence-electron chi connectivity index (χ1n) is 17.3. The second-order valence-corrected chi connectivity index (χ2v) is 13.4. The highest BCUT2D eigenvalue weighted by Crippen LogP contribution is 2.45. The molecule has 0 amide bonds. The summed E-state index contributed by atoms with van der Waals surface area (Å²) in [7, 11) is 0. The average Bonchev–Trinajstić information content (AvgIpc) is 3.55. The Labute approximate surface area is 293 Å². The zero-order valence-corrected chi connectivity index (χ0v) is 27.4. The molecule has 9 aromatic carbocycles. The van der Waals surface area contributed by atoms with Gasteiger partial charge in [-0.1, -0.05) is 115 Å². The molecule has 0 unspecified atom stereocenters. The molecule has 3 heteroatoms. The third-order valence-electron chi connectivity index (χ3n) is 10.8. The second-order valence-electron chi connectivity index (χ2n) is 13.4. The van der Waals surface area contributed by atoms with Gasteiger partial charge in [-0.3, -0.25) is 4.98 Å². The molecule has 0 saturated carbocycles. The van der Waals surface area contributed by atoms with Crippen LogP contribution < -0.4 is 0 Å². The van der Waals surface area contributed by atoms with E-state index < -0.39 is 0 Å². The number of nitrogens with zero attached hydrogens (tertiary/aromatic N) is 3. The second kappa shape index (κ2) is 10.5. The normalized spacial score (nSPS) is 11.9. The van der Waals surface area contributed by atoms with Crippen molar-refractivity contribution in [1.82, 2.24) is 9.55 Å². The van der Waals surface area contributed by atoms with E-state index in [4.69, 9.17) is 0 Å². The molecule has 0 aliphatic heterocycles. The van der Waals surface area contributed by atoms with Crippen LogP contribution in [0, 0.1) is 11.3 Å². The molecule has 0 atom stereocenters. The molecule has 3 nitrogen and oxygen atoms in total. The van der Waals surface area contributed by atoms with Gasteiger partial charge in [0.05, 0.1) is 28.4 Å². The molecule has 0 bridgehead atoms. The molecular weight excluding hydrogens is 619 g/mol. The number of hydrogen-bond acceptors (Lipinski definition) is 2. The van der Waals surface area contributed by atoms with Gasteiger partial charge in [-0.15, -0.1) is 0 Å². The van der Waals surface area contributed by atoms with Crippen LogP contribution in [-0.2, 0) is 0 Å². The lowest BCUT2D eigenvalue weighted by atomic mass is 9.87. The van der Waals surface area contributed by atoms with Gasteiger partial charge in [0.2, 0.25) is 0 Å². The van der Waals surface area contributed by atoms with Crippen molar-refractivity contribution in [3.63, 3.8) is 0 Å². The average molecular weight is 646 g/mol. The molecule has 0 N–H and O–H groups in total.